The van der Waals surface area contributed by atoms with Gasteiger partial charge >= 0.3 is 5.97 Å². The summed E-state index contributed by atoms with van der Waals surface area (Å²) in [7, 11) is 0. The van der Waals surface area contributed by atoms with E-state index < -0.39 is 95.7 Å². The Morgan fingerprint density at radius 2 is 0.750 bits per heavy atom. The Labute approximate surface area is 448 Å². The fourth-order valence-electron chi connectivity index (χ4n) is 8.45. The first-order chi connectivity index (χ1) is 36.3. The zero-order valence-corrected chi connectivity index (χ0v) is 44.8. The number of carbonyl (C=O) groups excluding carboxylic acids is 7. The number of benzene rings is 3. The van der Waals surface area contributed by atoms with Crippen LogP contribution in [0.3, 0.4) is 0 Å². The minimum absolute atomic E-state index is 0.0161. The highest BCUT2D eigenvalue weighted by atomic mass is 16.4. The van der Waals surface area contributed by atoms with Crippen LogP contribution in [0.4, 0.5) is 0 Å². The second-order valence-corrected chi connectivity index (χ2v) is 20.2. The molecule has 0 aliphatic heterocycles. The molecule has 0 fully saturated rings. The molecule has 0 saturated carbocycles. The molecule has 7 amide bonds. The van der Waals surface area contributed by atoms with E-state index in [-0.39, 0.29) is 82.7 Å². The summed E-state index contributed by atoms with van der Waals surface area (Å²) in [4.78, 5) is 108. The molecule has 0 saturated heterocycles. The minimum Gasteiger partial charge on any atom is -0.480 e. The monoisotopic (exact) mass is 1060 g/mol. The maximum absolute atomic E-state index is 14.1. The van der Waals surface area contributed by atoms with Gasteiger partial charge in [-0.1, -0.05) is 119 Å². The first-order valence-corrected chi connectivity index (χ1v) is 26.7. The number of carbonyl (C=O) groups is 8. The van der Waals surface area contributed by atoms with Crippen molar-refractivity contribution < 1.29 is 43.5 Å². The molecule has 3 aromatic rings. The van der Waals surface area contributed by atoms with Gasteiger partial charge in [0, 0.05) is 13.0 Å². The Bertz CT molecular complexity index is 2260. The number of hydrogen-bond donors (Lipinski definition) is 12. The van der Waals surface area contributed by atoms with Crippen molar-refractivity contribution in [2.75, 3.05) is 19.6 Å². The maximum atomic E-state index is 14.1. The summed E-state index contributed by atoms with van der Waals surface area (Å²) in [5.74, 6) is -5.50. The standard InChI is InChI=1S/C56H85N11O9/c1-36(2)31-46(65-49(68)41(59)33-38-19-8-5-9-20-38)53(72)63-44(27-18-29-58)52(71)64-45(56(75)76)26-15-17-30-61-51(70)43(25-14-16-28-57)62-54(73)47(32-37(3)4)67-55(74)48(35-40-23-12-7-13-24-40)66-50(69)42(60)34-39-21-10-6-11-22-39/h5-13,19-24,36-37,41-48H,14-18,25-35,57-60H2,1-4H3,(H,61,70)(H,62,73)(H,63,72)(H,64,71)(H,65,68)(H,66,69)(H,67,74)(H,75,76)/t41-,42-,43-,44-,45+,46-,47-,48-/m1/s1. The van der Waals surface area contributed by atoms with Crippen LogP contribution in [0, 0.1) is 11.8 Å². The molecule has 0 aliphatic carbocycles. The Balaban J connectivity index is 1.64. The van der Waals surface area contributed by atoms with Crippen LogP contribution in [0.5, 0.6) is 0 Å². The number of nitrogens with one attached hydrogen (secondary N) is 7. The summed E-state index contributed by atoms with van der Waals surface area (Å²) in [6.07, 6.45) is 3.40. The molecule has 20 nitrogen and oxygen atoms in total. The van der Waals surface area contributed by atoms with Crippen molar-refractivity contribution in [2.45, 2.75) is 160 Å². The van der Waals surface area contributed by atoms with E-state index in [9.17, 15) is 43.5 Å². The minimum atomic E-state index is -1.34. The second-order valence-electron chi connectivity index (χ2n) is 20.2. The zero-order chi connectivity index (χ0) is 56.0. The van der Waals surface area contributed by atoms with Gasteiger partial charge in [-0.05, 0) is 119 Å². The fourth-order valence-corrected chi connectivity index (χ4v) is 8.45. The van der Waals surface area contributed by atoms with Crippen molar-refractivity contribution in [2.24, 2.45) is 34.8 Å². The highest BCUT2D eigenvalue weighted by Gasteiger charge is 2.33. The van der Waals surface area contributed by atoms with Crippen molar-refractivity contribution in [1.82, 2.24) is 37.2 Å². The molecule has 0 heterocycles. The second kappa shape index (κ2) is 34.8. The summed E-state index contributed by atoms with van der Waals surface area (Å²) in [5, 5.41) is 29.4. The van der Waals surface area contributed by atoms with Crippen LogP contribution in [0.25, 0.3) is 0 Å². The van der Waals surface area contributed by atoms with Crippen LogP contribution >= 0.6 is 0 Å². The van der Waals surface area contributed by atoms with E-state index >= 15 is 0 Å². The third-order valence-electron chi connectivity index (χ3n) is 12.6. The van der Waals surface area contributed by atoms with Gasteiger partial charge in [-0.15, -0.1) is 0 Å². The third-order valence-corrected chi connectivity index (χ3v) is 12.6. The Kier molecular flexibility index (Phi) is 29.1. The van der Waals surface area contributed by atoms with Gasteiger partial charge in [-0.2, -0.15) is 0 Å². The van der Waals surface area contributed by atoms with E-state index in [0.717, 1.165) is 16.7 Å². The lowest BCUT2D eigenvalue weighted by Gasteiger charge is -2.27. The van der Waals surface area contributed by atoms with Crippen LogP contribution in [-0.4, -0.2) is 120 Å². The largest absolute Gasteiger partial charge is 0.480 e. The summed E-state index contributed by atoms with van der Waals surface area (Å²) in [6, 6.07) is 19.0. The smallest absolute Gasteiger partial charge is 0.326 e. The van der Waals surface area contributed by atoms with Crippen LogP contribution in [0.1, 0.15) is 109 Å². The molecule has 76 heavy (non-hydrogen) atoms. The average Bonchev–Trinajstić information content (AvgIpc) is 3.38. The molecule has 0 aromatic heterocycles. The summed E-state index contributed by atoms with van der Waals surface area (Å²) in [5.41, 5.74) is 26.5. The number of aliphatic carboxylic acids is 1. The average molecular weight is 1060 g/mol. The highest BCUT2D eigenvalue weighted by molar-refractivity contribution is 5.96. The van der Waals surface area contributed by atoms with Gasteiger partial charge in [0.15, 0.2) is 0 Å². The lowest BCUT2D eigenvalue weighted by atomic mass is 9.99. The predicted molar refractivity (Wildman–Crippen MR) is 293 cm³/mol. The van der Waals surface area contributed by atoms with E-state index in [1.165, 1.54) is 0 Å². The highest BCUT2D eigenvalue weighted by Crippen LogP contribution is 2.13. The summed E-state index contributed by atoms with van der Waals surface area (Å²) >= 11 is 0. The van der Waals surface area contributed by atoms with Crippen molar-refractivity contribution in [1.29, 1.82) is 0 Å². The van der Waals surface area contributed by atoms with Gasteiger partial charge in [-0.3, -0.25) is 33.6 Å². The Hall–Kier alpha value is -6.74. The third kappa shape index (κ3) is 24.3. The first-order valence-electron chi connectivity index (χ1n) is 26.7. The van der Waals surface area contributed by atoms with Gasteiger partial charge in [0.1, 0.15) is 36.3 Å². The topological polar surface area (TPSA) is 345 Å². The first kappa shape index (κ1) is 63.6. The van der Waals surface area contributed by atoms with Crippen LogP contribution in [0.2, 0.25) is 0 Å². The quantitative estimate of drug-likeness (QED) is 0.0369. The van der Waals surface area contributed by atoms with Crippen LogP contribution in [-0.2, 0) is 57.6 Å². The number of nitrogens with two attached hydrogens (primary N) is 4. The van der Waals surface area contributed by atoms with Crippen LogP contribution in [0.15, 0.2) is 91.0 Å². The molecule has 3 aromatic carbocycles. The van der Waals surface area contributed by atoms with Gasteiger partial charge < -0.3 is 65.3 Å². The predicted octanol–water partition coefficient (Wildman–Crippen LogP) is 1.61. The number of amides is 7. The van der Waals surface area contributed by atoms with E-state index in [2.05, 4.69) is 37.2 Å². The van der Waals surface area contributed by atoms with Crippen molar-refractivity contribution >= 4 is 47.3 Å². The Morgan fingerprint density at radius 1 is 0.408 bits per heavy atom. The molecular weight excluding hydrogens is 971 g/mol. The summed E-state index contributed by atoms with van der Waals surface area (Å²) in [6.45, 7) is 8.21. The van der Waals surface area contributed by atoms with Gasteiger partial charge in [0.2, 0.25) is 41.4 Å². The van der Waals surface area contributed by atoms with E-state index in [4.69, 9.17) is 22.9 Å². The van der Waals surface area contributed by atoms with Crippen molar-refractivity contribution in [3.63, 3.8) is 0 Å². The molecule has 0 radical (unpaired) electrons. The maximum Gasteiger partial charge on any atom is 0.326 e. The molecule has 16 N–H and O–H groups in total. The molecule has 3 rings (SSSR count). The molecule has 20 heteroatoms. The number of hydrogen-bond acceptors (Lipinski definition) is 12. The van der Waals surface area contributed by atoms with E-state index in [1.54, 1.807) is 0 Å². The number of carboxylic acids is 1. The lowest BCUT2D eigenvalue weighted by Crippen LogP contribution is -2.58. The van der Waals surface area contributed by atoms with Gasteiger partial charge in [-0.25, -0.2) is 4.79 Å². The van der Waals surface area contributed by atoms with Crippen molar-refractivity contribution in [3.8, 4) is 0 Å². The van der Waals surface area contributed by atoms with E-state index in [1.807, 2.05) is 119 Å². The number of unbranched alkanes of at least 4 members (excludes halogenated alkanes) is 2. The lowest BCUT2D eigenvalue weighted by molar-refractivity contribution is -0.142. The van der Waals surface area contributed by atoms with Crippen LogP contribution < -0.4 is 60.2 Å². The molecule has 0 aliphatic rings. The summed E-state index contributed by atoms with van der Waals surface area (Å²) < 4.78 is 0. The molecule has 0 bridgehead atoms. The molecule has 418 valence electrons. The molecule has 0 spiro atoms. The normalized spacial score (nSPS) is 14.4. The number of rotatable bonds is 36. The van der Waals surface area contributed by atoms with Crippen molar-refractivity contribution in [3.05, 3.63) is 108 Å². The van der Waals surface area contributed by atoms with Gasteiger partial charge in [0.25, 0.3) is 0 Å². The molecule has 0 unspecified atom stereocenters. The van der Waals surface area contributed by atoms with Gasteiger partial charge in [0.05, 0.1) is 12.1 Å². The van der Waals surface area contributed by atoms with E-state index in [0.29, 0.717) is 32.2 Å². The SMILES string of the molecule is CC(C)C[C@@H](NC(=O)[C@H](N)Cc1ccccc1)C(=O)N[C@H](CCCN)C(=O)N[C@@H](CCCCNC(=O)[C@@H](CCCCN)NC(=O)[C@@H](CC(C)C)NC(=O)[C@@H](Cc1ccccc1)NC(=O)[C@H](N)Cc1ccccc1)C(=O)O. The molecule has 8 atom stereocenters. The Morgan fingerprint density at radius 3 is 1.20 bits per heavy atom. The number of carboxylic acid groups (broad SMARTS) is 1. The zero-order valence-electron chi connectivity index (χ0n) is 44.8. The fraction of sp³-hybridized carbons (Fsp3) is 0.536. The molecular formula is C56H85N11O9.